The van der Waals surface area contributed by atoms with Crippen LogP contribution in [0.15, 0.2) is 63.0 Å². The number of fused-ring (bicyclic) bond motifs is 1. The van der Waals surface area contributed by atoms with Crippen molar-refractivity contribution in [3.63, 3.8) is 0 Å². The van der Waals surface area contributed by atoms with Crippen LogP contribution in [-0.4, -0.2) is 39.8 Å². The van der Waals surface area contributed by atoms with Crippen LogP contribution < -0.4 is 10.1 Å². The van der Waals surface area contributed by atoms with Gasteiger partial charge in [0.1, 0.15) is 0 Å². The number of carbonyl (C=O) groups excluding carboxylic acids is 1. The van der Waals surface area contributed by atoms with E-state index in [1.165, 1.54) is 11.8 Å². The smallest absolute Gasteiger partial charge is 0.234 e. The summed E-state index contributed by atoms with van der Waals surface area (Å²) >= 11 is 2.95. The minimum atomic E-state index is -0.101. The molecule has 0 radical (unpaired) electrons. The van der Waals surface area contributed by atoms with Crippen LogP contribution in [0.25, 0.3) is 22.6 Å². The van der Waals surface area contributed by atoms with Gasteiger partial charge in [-0.3, -0.25) is 4.79 Å². The molecule has 4 rings (SSSR count). The first-order chi connectivity index (χ1) is 14.6. The topological polar surface area (TPSA) is 82.2 Å². The summed E-state index contributed by atoms with van der Waals surface area (Å²) in [5.74, 6) is 1.97. The van der Waals surface area contributed by atoms with Crippen molar-refractivity contribution < 1.29 is 13.9 Å². The van der Waals surface area contributed by atoms with E-state index in [1.807, 2.05) is 66.4 Å². The molecular formula is C21H20N4O3S2. The number of carbonyl (C=O) groups is 1. The molecule has 0 aliphatic heterocycles. The minimum Gasteiger partial charge on any atom is -0.493 e. The number of nitrogens with zero attached hydrogens (tertiary/aromatic N) is 3. The number of benzene rings is 2. The molecule has 0 unspecified atom stereocenters. The second kappa shape index (κ2) is 8.85. The molecule has 30 heavy (non-hydrogen) atoms. The summed E-state index contributed by atoms with van der Waals surface area (Å²) in [6, 6.07) is 15.4. The number of nitrogens with one attached hydrogen (secondary N) is 1. The van der Waals surface area contributed by atoms with Gasteiger partial charge in [0.15, 0.2) is 28.1 Å². The Labute approximate surface area is 182 Å². The molecule has 0 saturated heterocycles. The number of hydrogen-bond acceptors (Lipinski definition) is 7. The molecule has 1 N–H and O–H groups in total. The molecule has 2 aromatic heterocycles. The average Bonchev–Trinajstić information content (AvgIpc) is 3.35. The molecule has 0 aliphatic rings. The Morgan fingerprint density at radius 3 is 2.83 bits per heavy atom. The summed E-state index contributed by atoms with van der Waals surface area (Å²) in [5, 5.41) is 12.9. The number of furan rings is 1. The van der Waals surface area contributed by atoms with E-state index in [2.05, 4.69) is 15.5 Å². The molecule has 7 nitrogen and oxygen atoms in total. The quantitative estimate of drug-likeness (QED) is 0.418. The van der Waals surface area contributed by atoms with Crippen LogP contribution in [0.3, 0.4) is 0 Å². The number of ether oxygens (including phenoxy) is 1. The van der Waals surface area contributed by atoms with Crippen LogP contribution in [-0.2, 0) is 11.8 Å². The fourth-order valence-corrected chi connectivity index (χ4v) is 4.16. The van der Waals surface area contributed by atoms with Crippen molar-refractivity contribution in [2.45, 2.75) is 10.1 Å². The molecule has 0 saturated carbocycles. The lowest BCUT2D eigenvalue weighted by Crippen LogP contribution is -2.14. The van der Waals surface area contributed by atoms with Gasteiger partial charge in [-0.2, -0.15) is 0 Å². The van der Waals surface area contributed by atoms with E-state index in [1.54, 1.807) is 18.9 Å². The third-order valence-corrected chi connectivity index (χ3v) is 6.21. The summed E-state index contributed by atoms with van der Waals surface area (Å²) < 4.78 is 13.1. The Balaban J connectivity index is 1.46. The molecule has 4 aromatic rings. The molecule has 0 atom stereocenters. The lowest BCUT2D eigenvalue weighted by atomic mass is 10.2. The zero-order valence-corrected chi connectivity index (χ0v) is 18.3. The van der Waals surface area contributed by atoms with Crippen LogP contribution in [0.4, 0.5) is 5.69 Å². The minimum absolute atomic E-state index is 0.101. The third-order valence-electron chi connectivity index (χ3n) is 4.47. The van der Waals surface area contributed by atoms with Crippen molar-refractivity contribution in [1.82, 2.24) is 14.8 Å². The molecule has 0 fully saturated rings. The van der Waals surface area contributed by atoms with Gasteiger partial charge in [-0.05, 0) is 36.6 Å². The molecular weight excluding hydrogens is 420 g/mol. The normalized spacial score (nSPS) is 11.0. The Morgan fingerprint density at radius 1 is 1.20 bits per heavy atom. The number of hydrogen-bond donors (Lipinski definition) is 1. The first kappa shape index (κ1) is 20.4. The number of aromatic nitrogens is 3. The number of amides is 1. The molecule has 154 valence electrons. The first-order valence-corrected chi connectivity index (χ1v) is 11.3. The highest BCUT2D eigenvalue weighted by atomic mass is 32.2. The van der Waals surface area contributed by atoms with Gasteiger partial charge in [-0.1, -0.05) is 30.0 Å². The van der Waals surface area contributed by atoms with Crippen molar-refractivity contribution in [3.05, 3.63) is 48.5 Å². The Bertz CT molecular complexity index is 1200. The summed E-state index contributed by atoms with van der Waals surface area (Å²) in [6.45, 7) is 0. The van der Waals surface area contributed by atoms with Crippen molar-refractivity contribution in [2.75, 3.05) is 24.4 Å². The van der Waals surface area contributed by atoms with Crippen LogP contribution in [0.1, 0.15) is 0 Å². The molecule has 0 aliphatic carbocycles. The van der Waals surface area contributed by atoms with Gasteiger partial charge < -0.3 is 19.0 Å². The number of anilines is 1. The standard InChI is InChI=1S/C21H20N4O3S2/c1-25-20(17-10-13-6-4-9-16(27-2)19(13)28-17)23-24-21(25)30-12-18(26)22-14-7-5-8-15(11-14)29-3/h4-11H,12H2,1-3H3,(H,22,26). The largest absolute Gasteiger partial charge is 0.493 e. The van der Waals surface area contributed by atoms with Crippen molar-refractivity contribution in [1.29, 1.82) is 0 Å². The number of para-hydroxylation sites is 1. The number of rotatable bonds is 7. The lowest BCUT2D eigenvalue weighted by molar-refractivity contribution is -0.113. The Hall–Kier alpha value is -2.91. The Morgan fingerprint density at radius 2 is 2.03 bits per heavy atom. The zero-order chi connectivity index (χ0) is 21.1. The van der Waals surface area contributed by atoms with Gasteiger partial charge in [-0.25, -0.2) is 0 Å². The van der Waals surface area contributed by atoms with E-state index in [9.17, 15) is 4.79 Å². The molecule has 1 amide bonds. The van der Waals surface area contributed by atoms with Gasteiger partial charge in [0.25, 0.3) is 0 Å². The Kier molecular flexibility index (Phi) is 6.01. The maximum atomic E-state index is 12.3. The molecule has 0 spiro atoms. The monoisotopic (exact) mass is 440 g/mol. The van der Waals surface area contributed by atoms with E-state index in [0.717, 1.165) is 16.0 Å². The second-order valence-electron chi connectivity index (χ2n) is 6.42. The highest BCUT2D eigenvalue weighted by Crippen LogP contribution is 2.33. The third kappa shape index (κ3) is 4.17. The summed E-state index contributed by atoms with van der Waals surface area (Å²) in [7, 11) is 3.46. The first-order valence-electron chi connectivity index (χ1n) is 9.12. The van der Waals surface area contributed by atoms with Crippen LogP contribution in [0.2, 0.25) is 0 Å². The highest BCUT2D eigenvalue weighted by Gasteiger charge is 2.17. The zero-order valence-electron chi connectivity index (χ0n) is 16.7. The van der Waals surface area contributed by atoms with Gasteiger partial charge in [0.05, 0.1) is 12.9 Å². The van der Waals surface area contributed by atoms with Crippen LogP contribution in [0.5, 0.6) is 5.75 Å². The molecule has 2 heterocycles. The van der Waals surface area contributed by atoms with E-state index in [-0.39, 0.29) is 11.7 Å². The van der Waals surface area contributed by atoms with Crippen LogP contribution in [0, 0.1) is 0 Å². The molecule has 9 heteroatoms. The summed E-state index contributed by atoms with van der Waals surface area (Å²) in [6.07, 6.45) is 2.00. The van der Waals surface area contributed by atoms with Crippen LogP contribution >= 0.6 is 23.5 Å². The van der Waals surface area contributed by atoms with E-state index >= 15 is 0 Å². The van der Waals surface area contributed by atoms with Gasteiger partial charge in [-0.15, -0.1) is 22.0 Å². The fraction of sp³-hybridized carbons (Fsp3) is 0.190. The van der Waals surface area contributed by atoms with E-state index in [4.69, 9.17) is 9.15 Å². The SMILES string of the molecule is COc1cccc2cc(-c3nnc(SCC(=O)Nc4cccc(SC)c4)n3C)oc12. The average molecular weight is 441 g/mol. The summed E-state index contributed by atoms with van der Waals surface area (Å²) in [4.78, 5) is 13.4. The lowest BCUT2D eigenvalue weighted by Gasteiger charge is -2.06. The molecule has 0 bridgehead atoms. The number of methoxy groups -OCH3 is 1. The van der Waals surface area contributed by atoms with E-state index < -0.39 is 0 Å². The van der Waals surface area contributed by atoms with Crippen molar-refractivity contribution in [3.8, 4) is 17.3 Å². The fourth-order valence-electron chi connectivity index (χ4n) is 2.99. The van der Waals surface area contributed by atoms with E-state index in [0.29, 0.717) is 28.1 Å². The maximum absolute atomic E-state index is 12.3. The highest BCUT2D eigenvalue weighted by molar-refractivity contribution is 7.99. The predicted octanol–water partition coefficient (Wildman–Crippen LogP) is 4.69. The van der Waals surface area contributed by atoms with Crippen molar-refractivity contribution >= 4 is 46.1 Å². The van der Waals surface area contributed by atoms with Crippen molar-refractivity contribution in [2.24, 2.45) is 7.05 Å². The van der Waals surface area contributed by atoms with Gasteiger partial charge >= 0.3 is 0 Å². The van der Waals surface area contributed by atoms with Gasteiger partial charge in [0, 0.05) is 23.0 Å². The summed E-state index contributed by atoms with van der Waals surface area (Å²) in [5.41, 5.74) is 1.45. The predicted molar refractivity (Wildman–Crippen MR) is 120 cm³/mol. The maximum Gasteiger partial charge on any atom is 0.234 e. The second-order valence-corrected chi connectivity index (χ2v) is 8.25. The molecule has 2 aromatic carbocycles. The number of thioether (sulfide) groups is 2. The van der Waals surface area contributed by atoms with Gasteiger partial charge in [0.2, 0.25) is 5.91 Å².